The summed E-state index contributed by atoms with van der Waals surface area (Å²) in [4.78, 5) is 28.9. The largest absolute Gasteiger partial charge is 0.345 e. The molecule has 0 saturated carbocycles. The zero-order chi connectivity index (χ0) is 29.7. The van der Waals surface area contributed by atoms with Gasteiger partial charge in [0, 0.05) is 37.4 Å². The number of aldehydes is 1. The second-order valence-electron chi connectivity index (χ2n) is 10.6. The Balaban J connectivity index is 0.000000186. The van der Waals surface area contributed by atoms with Crippen molar-refractivity contribution in [2.45, 2.75) is 71.4 Å². The van der Waals surface area contributed by atoms with Crippen molar-refractivity contribution in [3.8, 4) is 0 Å². The van der Waals surface area contributed by atoms with Gasteiger partial charge in [-0.3, -0.25) is 4.79 Å². The number of aryl methyl sites for hydroxylation is 2. The second-order valence-corrected chi connectivity index (χ2v) is 11.0. The molecule has 1 amide bonds. The van der Waals surface area contributed by atoms with Crippen molar-refractivity contribution in [1.29, 1.82) is 0 Å². The number of nitrogens with zero attached hydrogens (tertiary/aromatic N) is 2. The molecule has 0 bridgehead atoms. The third-order valence-electron chi connectivity index (χ3n) is 6.90. The number of benzene rings is 1. The summed E-state index contributed by atoms with van der Waals surface area (Å²) < 4.78 is 0. The number of rotatable bonds is 4. The number of aromatic nitrogens is 2. The number of carbonyl (C=O) groups excluding carboxylic acids is 2. The Labute approximate surface area is 251 Å². The van der Waals surface area contributed by atoms with Crippen LogP contribution in [-0.2, 0) is 16.1 Å². The highest BCUT2D eigenvalue weighted by Crippen LogP contribution is 2.21. The Kier molecular flexibility index (Phi) is 17.6. The fraction of sp³-hybridized carbons (Fsp3) is 0.531. The summed E-state index contributed by atoms with van der Waals surface area (Å²) in [5.41, 5.74) is 4.63. The first-order valence-corrected chi connectivity index (χ1v) is 15.2. The number of carbonyl (C=O) groups is 2. The van der Waals surface area contributed by atoms with Gasteiger partial charge in [-0.15, -0.1) is 0 Å². The van der Waals surface area contributed by atoms with Gasteiger partial charge >= 0.3 is 0 Å². The molecule has 3 aromatic rings. The van der Waals surface area contributed by atoms with Gasteiger partial charge in [-0.05, 0) is 90.7 Å². The van der Waals surface area contributed by atoms with Crippen LogP contribution in [0.2, 0.25) is 5.02 Å². The molecular formula is C32H49ClN6O2. The fourth-order valence-corrected chi connectivity index (χ4v) is 4.63. The molecule has 0 spiro atoms. The highest BCUT2D eigenvalue weighted by Gasteiger charge is 2.10. The van der Waals surface area contributed by atoms with E-state index < -0.39 is 0 Å². The Morgan fingerprint density at radius 3 is 2.05 bits per heavy atom. The first-order valence-electron chi connectivity index (χ1n) is 14.8. The monoisotopic (exact) mass is 584 g/mol. The number of amides is 1. The summed E-state index contributed by atoms with van der Waals surface area (Å²) >= 11 is 5.95. The van der Waals surface area contributed by atoms with Gasteiger partial charge in [-0.2, -0.15) is 0 Å². The van der Waals surface area contributed by atoms with Crippen molar-refractivity contribution < 1.29 is 9.59 Å². The highest BCUT2D eigenvalue weighted by molar-refractivity contribution is 6.35. The summed E-state index contributed by atoms with van der Waals surface area (Å²) in [7, 11) is 1.91. The van der Waals surface area contributed by atoms with Crippen LogP contribution in [0.4, 0.5) is 0 Å². The van der Waals surface area contributed by atoms with Crippen molar-refractivity contribution in [2.75, 3.05) is 39.8 Å². The van der Waals surface area contributed by atoms with Crippen LogP contribution < -0.4 is 16.0 Å². The highest BCUT2D eigenvalue weighted by atomic mass is 35.5. The molecule has 3 saturated heterocycles. The smallest absolute Gasteiger partial charge is 0.209 e. The van der Waals surface area contributed by atoms with E-state index in [4.69, 9.17) is 11.6 Å². The summed E-state index contributed by atoms with van der Waals surface area (Å²) in [6.45, 7) is 10.5. The number of fused-ring (bicyclic) bond motifs is 1. The Morgan fingerprint density at radius 2 is 1.63 bits per heavy atom. The molecule has 226 valence electrons. The number of H-pyrrole nitrogens is 1. The molecule has 9 heteroatoms. The van der Waals surface area contributed by atoms with Crippen molar-refractivity contribution in [3.05, 3.63) is 64.4 Å². The van der Waals surface area contributed by atoms with E-state index in [2.05, 4.69) is 64.0 Å². The number of hydrogen-bond donors (Lipinski definition) is 4. The average Bonchev–Trinajstić information content (AvgIpc) is 3.81. The van der Waals surface area contributed by atoms with Crippen LogP contribution in [0.1, 0.15) is 61.6 Å². The lowest BCUT2D eigenvalue weighted by Gasteiger charge is -2.08. The molecular weight excluding hydrogens is 536 g/mol. The quantitative estimate of drug-likeness (QED) is 0.315. The van der Waals surface area contributed by atoms with Crippen LogP contribution in [-0.4, -0.2) is 73.4 Å². The summed E-state index contributed by atoms with van der Waals surface area (Å²) in [5, 5.41) is 11.1. The van der Waals surface area contributed by atoms with E-state index in [1.54, 1.807) is 11.1 Å². The van der Waals surface area contributed by atoms with Crippen molar-refractivity contribution in [1.82, 2.24) is 30.8 Å². The van der Waals surface area contributed by atoms with Crippen molar-refractivity contribution in [2.24, 2.45) is 0 Å². The number of halogens is 1. The normalized spacial score (nSPS) is 17.5. The van der Waals surface area contributed by atoms with Gasteiger partial charge in [-0.25, -0.2) is 4.98 Å². The first kappa shape index (κ1) is 34.4. The van der Waals surface area contributed by atoms with Crippen LogP contribution in [0.3, 0.4) is 0 Å². The van der Waals surface area contributed by atoms with Crippen molar-refractivity contribution >= 4 is 35.3 Å². The number of aromatic amines is 1. The van der Waals surface area contributed by atoms with Crippen LogP contribution in [0.15, 0.2) is 42.7 Å². The Hall–Kier alpha value is -2.78. The fourth-order valence-electron chi connectivity index (χ4n) is 4.43. The van der Waals surface area contributed by atoms with Crippen LogP contribution >= 0.6 is 11.6 Å². The van der Waals surface area contributed by atoms with Crippen LogP contribution in [0.25, 0.3) is 11.0 Å². The molecule has 8 nitrogen and oxygen atoms in total. The number of pyridine rings is 1. The maximum Gasteiger partial charge on any atom is 0.209 e. The average molecular weight is 585 g/mol. The molecule has 3 aliphatic rings. The van der Waals surface area contributed by atoms with Crippen molar-refractivity contribution in [3.63, 3.8) is 0 Å². The van der Waals surface area contributed by atoms with E-state index in [0.29, 0.717) is 0 Å². The molecule has 6 rings (SSSR count). The summed E-state index contributed by atoms with van der Waals surface area (Å²) in [6, 6.07) is 10.7. The SMILES string of the molecule is C1CCNCC1.CNCc1cnc2[nH]cc(Cl)c2c1.Cc1ccc(C)cc1.O=CC1CCCN1.O=CN1CCCC1. The number of piperidine rings is 1. The summed E-state index contributed by atoms with van der Waals surface area (Å²) in [6.07, 6.45) is 14.3. The number of nitrogens with one attached hydrogen (secondary N) is 4. The van der Waals surface area contributed by atoms with Gasteiger partial charge in [0.05, 0.1) is 11.1 Å². The van der Waals surface area contributed by atoms with E-state index in [1.807, 2.05) is 19.3 Å². The maximum atomic E-state index is 9.94. The lowest BCUT2D eigenvalue weighted by molar-refractivity contribution is -0.117. The molecule has 5 heterocycles. The third-order valence-corrected chi connectivity index (χ3v) is 7.21. The third kappa shape index (κ3) is 14.6. The number of likely N-dealkylation sites (tertiary alicyclic amines) is 1. The molecule has 1 unspecified atom stereocenters. The van der Waals surface area contributed by atoms with Gasteiger partial charge in [0.15, 0.2) is 0 Å². The first-order chi connectivity index (χ1) is 20.0. The van der Waals surface area contributed by atoms with Gasteiger partial charge in [0.25, 0.3) is 0 Å². The second kappa shape index (κ2) is 21.0. The molecule has 1 aromatic carbocycles. The minimum atomic E-state index is 0.167. The zero-order valence-corrected chi connectivity index (χ0v) is 25.8. The van der Waals surface area contributed by atoms with E-state index >= 15 is 0 Å². The molecule has 3 aliphatic heterocycles. The topological polar surface area (TPSA) is 102 Å². The molecule has 0 aliphatic carbocycles. The van der Waals surface area contributed by atoms with E-state index in [-0.39, 0.29) is 6.04 Å². The zero-order valence-electron chi connectivity index (χ0n) is 25.1. The van der Waals surface area contributed by atoms with E-state index in [1.165, 1.54) is 56.3 Å². The minimum absolute atomic E-state index is 0.167. The molecule has 0 radical (unpaired) electrons. The van der Waals surface area contributed by atoms with E-state index in [9.17, 15) is 9.59 Å². The number of hydrogen-bond acceptors (Lipinski definition) is 6. The molecule has 1 atom stereocenters. The van der Waals surface area contributed by atoms with Crippen LogP contribution in [0, 0.1) is 13.8 Å². The van der Waals surface area contributed by atoms with Gasteiger partial charge in [-0.1, -0.05) is 53.4 Å². The molecule has 2 aromatic heterocycles. The Bertz CT molecular complexity index is 1050. The Morgan fingerprint density at radius 1 is 0.976 bits per heavy atom. The van der Waals surface area contributed by atoms with Gasteiger partial charge in [0.1, 0.15) is 11.9 Å². The molecule has 41 heavy (non-hydrogen) atoms. The molecule has 4 N–H and O–H groups in total. The minimum Gasteiger partial charge on any atom is -0.345 e. The van der Waals surface area contributed by atoms with E-state index in [0.717, 1.165) is 73.3 Å². The summed E-state index contributed by atoms with van der Waals surface area (Å²) in [5.74, 6) is 0. The lowest BCUT2D eigenvalue weighted by Crippen LogP contribution is -2.21. The van der Waals surface area contributed by atoms with Crippen LogP contribution in [0.5, 0.6) is 0 Å². The molecule has 3 fully saturated rings. The lowest BCUT2D eigenvalue weighted by atomic mass is 10.2. The van der Waals surface area contributed by atoms with Gasteiger partial charge in [0.2, 0.25) is 6.41 Å². The predicted molar refractivity (Wildman–Crippen MR) is 170 cm³/mol. The van der Waals surface area contributed by atoms with Gasteiger partial charge < -0.3 is 30.6 Å². The maximum absolute atomic E-state index is 9.94. The predicted octanol–water partition coefficient (Wildman–Crippen LogP) is 5.17. The standard InChI is InChI=1S/C9H10ClN3.C8H10.2C5H9NO.C5H11N/c1-11-3-6-2-7-8(10)5-13-9(7)12-4-6;1-7-3-5-8(2)6-4-7;7-4-5-2-1-3-6-5;7-5-6-3-1-2-4-6;1-2-4-6-5-3-1/h2,4-5,11H,3H2,1H3,(H,12,13);3-6H,1-2H3;4-6H,1-3H2;5H,1-4H2;6H,1-5H2.